The highest BCUT2D eigenvalue weighted by Gasteiger charge is 2.12. The highest BCUT2D eigenvalue weighted by atomic mass is 32.1. The largest absolute Gasteiger partial charge is 0.497 e. The van der Waals surface area contributed by atoms with Gasteiger partial charge in [-0.3, -0.25) is 15.4 Å². The van der Waals surface area contributed by atoms with E-state index in [1.54, 1.807) is 37.4 Å². The Hall–Kier alpha value is -3.20. The minimum absolute atomic E-state index is 0.0135. The molecule has 0 aliphatic rings. The highest BCUT2D eigenvalue weighted by molar-refractivity contribution is 7.22. The number of nitrogens with zero attached hydrogens (tertiary/aromatic N) is 2. The third kappa shape index (κ3) is 3.41. The molecule has 1 heterocycles. The molecule has 0 aliphatic carbocycles. The Balaban J connectivity index is 1.71. The van der Waals surface area contributed by atoms with Crippen molar-refractivity contribution in [2.75, 3.05) is 17.7 Å². The number of hydrogen-bond donors (Lipinski definition) is 2. The summed E-state index contributed by atoms with van der Waals surface area (Å²) in [6.07, 6.45) is 0. The number of nitro groups is 1. The first kappa shape index (κ1) is 15.7. The lowest BCUT2D eigenvalue weighted by molar-refractivity contribution is -0.384. The zero-order valence-corrected chi connectivity index (χ0v) is 13.3. The number of carbonyl (C=O) groups excluding carboxylic acids is 1. The number of nitro benzene ring substituents is 1. The van der Waals surface area contributed by atoms with Crippen LogP contribution in [0, 0.1) is 10.1 Å². The maximum atomic E-state index is 12.0. The van der Waals surface area contributed by atoms with Gasteiger partial charge in [0.05, 0.1) is 22.2 Å². The predicted octanol–water partition coefficient (Wildman–Crippen LogP) is 3.86. The SMILES string of the molecule is COc1ccc(NC(=O)Nc2nc3ccc([N+](=O)[O-])cc3s2)cc1. The number of urea groups is 1. The van der Waals surface area contributed by atoms with E-state index in [0.29, 0.717) is 26.8 Å². The summed E-state index contributed by atoms with van der Waals surface area (Å²) in [5, 5.41) is 16.4. The number of non-ortho nitro benzene ring substituents is 1. The zero-order chi connectivity index (χ0) is 17.1. The van der Waals surface area contributed by atoms with E-state index >= 15 is 0 Å². The van der Waals surface area contributed by atoms with E-state index in [1.165, 1.54) is 23.5 Å². The van der Waals surface area contributed by atoms with Crippen LogP contribution in [0.3, 0.4) is 0 Å². The minimum atomic E-state index is -0.470. The van der Waals surface area contributed by atoms with Gasteiger partial charge < -0.3 is 10.1 Å². The summed E-state index contributed by atoms with van der Waals surface area (Å²) in [4.78, 5) is 26.5. The van der Waals surface area contributed by atoms with E-state index in [1.807, 2.05) is 0 Å². The van der Waals surface area contributed by atoms with Crippen molar-refractivity contribution >= 4 is 44.1 Å². The quantitative estimate of drug-likeness (QED) is 0.552. The van der Waals surface area contributed by atoms with Gasteiger partial charge in [-0.2, -0.15) is 0 Å². The predicted molar refractivity (Wildman–Crippen MR) is 91.9 cm³/mol. The molecule has 0 aliphatic heterocycles. The van der Waals surface area contributed by atoms with Gasteiger partial charge in [0, 0.05) is 17.8 Å². The van der Waals surface area contributed by atoms with Crippen LogP contribution in [0.2, 0.25) is 0 Å². The molecule has 2 aromatic carbocycles. The lowest BCUT2D eigenvalue weighted by Gasteiger charge is -2.06. The number of benzene rings is 2. The smallest absolute Gasteiger partial charge is 0.325 e. The Kier molecular flexibility index (Phi) is 4.25. The van der Waals surface area contributed by atoms with Gasteiger partial charge in [-0.1, -0.05) is 11.3 Å². The second-order valence-electron chi connectivity index (χ2n) is 4.74. The van der Waals surface area contributed by atoms with Gasteiger partial charge in [0.2, 0.25) is 0 Å². The lowest BCUT2D eigenvalue weighted by atomic mass is 10.3. The van der Waals surface area contributed by atoms with Crippen molar-refractivity contribution in [3.8, 4) is 5.75 Å². The molecule has 8 nitrogen and oxygen atoms in total. The maximum absolute atomic E-state index is 12.0. The zero-order valence-electron chi connectivity index (χ0n) is 12.5. The molecule has 0 radical (unpaired) electrons. The van der Waals surface area contributed by atoms with E-state index < -0.39 is 11.0 Å². The monoisotopic (exact) mass is 344 g/mol. The van der Waals surface area contributed by atoms with Gasteiger partial charge in [0.15, 0.2) is 5.13 Å². The molecule has 0 saturated carbocycles. The average molecular weight is 344 g/mol. The fraction of sp³-hybridized carbons (Fsp3) is 0.0667. The number of methoxy groups -OCH3 is 1. The fourth-order valence-electron chi connectivity index (χ4n) is 2.01. The maximum Gasteiger partial charge on any atom is 0.325 e. The van der Waals surface area contributed by atoms with Gasteiger partial charge in [-0.25, -0.2) is 9.78 Å². The molecule has 0 bridgehead atoms. The Morgan fingerprint density at radius 1 is 1.21 bits per heavy atom. The Morgan fingerprint density at radius 3 is 2.62 bits per heavy atom. The molecule has 24 heavy (non-hydrogen) atoms. The Labute approximate surface area is 140 Å². The number of hydrogen-bond acceptors (Lipinski definition) is 6. The topological polar surface area (TPSA) is 106 Å². The molecule has 0 unspecified atom stereocenters. The van der Waals surface area contributed by atoms with Gasteiger partial charge in [-0.05, 0) is 30.3 Å². The first-order valence-electron chi connectivity index (χ1n) is 6.82. The molecular formula is C15H12N4O4S. The number of thiazole rings is 1. The van der Waals surface area contributed by atoms with Gasteiger partial charge in [0.1, 0.15) is 5.75 Å². The summed E-state index contributed by atoms with van der Waals surface area (Å²) in [6, 6.07) is 10.8. The number of fused-ring (bicyclic) bond motifs is 1. The molecule has 3 rings (SSSR count). The van der Waals surface area contributed by atoms with Crippen LogP contribution in [0.15, 0.2) is 42.5 Å². The molecule has 9 heteroatoms. The fourth-order valence-corrected chi connectivity index (χ4v) is 2.91. The molecule has 3 aromatic rings. The van der Waals surface area contributed by atoms with E-state index in [2.05, 4.69) is 15.6 Å². The van der Waals surface area contributed by atoms with Crippen molar-refractivity contribution in [2.24, 2.45) is 0 Å². The standard InChI is InChI=1S/C15H12N4O4S/c1-23-11-5-2-9(3-6-11)16-14(20)18-15-17-12-7-4-10(19(21)22)8-13(12)24-15/h2-8H,1H3,(H2,16,17,18,20). The molecule has 0 saturated heterocycles. The van der Waals surface area contributed by atoms with Crippen molar-refractivity contribution in [1.82, 2.24) is 4.98 Å². The summed E-state index contributed by atoms with van der Waals surface area (Å²) in [6.45, 7) is 0. The summed E-state index contributed by atoms with van der Waals surface area (Å²) >= 11 is 1.17. The molecule has 0 fully saturated rings. The van der Waals surface area contributed by atoms with Crippen LogP contribution in [0.1, 0.15) is 0 Å². The summed E-state index contributed by atoms with van der Waals surface area (Å²) < 4.78 is 5.67. The van der Waals surface area contributed by atoms with Crippen molar-refractivity contribution in [2.45, 2.75) is 0 Å². The normalized spacial score (nSPS) is 10.4. The first-order valence-corrected chi connectivity index (χ1v) is 7.64. The average Bonchev–Trinajstić information content (AvgIpc) is 2.96. The minimum Gasteiger partial charge on any atom is -0.497 e. The van der Waals surface area contributed by atoms with Crippen LogP contribution in [0.5, 0.6) is 5.75 Å². The van der Waals surface area contributed by atoms with Gasteiger partial charge in [0.25, 0.3) is 5.69 Å². The van der Waals surface area contributed by atoms with Gasteiger partial charge in [-0.15, -0.1) is 0 Å². The number of ether oxygens (including phenoxy) is 1. The number of aromatic nitrogens is 1. The number of amides is 2. The Bertz CT molecular complexity index is 907. The van der Waals surface area contributed by atoms with Crippen LogP contribution < -0.4 is 15.4 Å². The molecule has 122 valence electrons. The van der Waals surface area contributed by atoms with E-state index in [-0.39, 0.29) is 5.69 Å². The van der Waals surface area contributed by atoms with Gasteiger partial charge >= 0.3 is 6.03 Å². The second kappa shape index (κ2) is 6.50. The van der Waals surface area contributed by atoms with Crippen LogP contribution in [0.4, 0.5) is 21.3 Å². The van der Waals surface area contributed by atoms with Crippen LogP contribution in [0.25, 0.3) is 10.2 Å². The number of anilines is 2. The number of rotatable bonds is 4. The number of carbonyl (C=O) groups is 1. The molecule has 2 N–H and O–H groups in total. The third-order valence-corrected chi connectivity index (χ3v) is 4.08. The molecule has 2 amide bonds. The molecule has 0 spiro atoms. The Morgan fingerprint density at radius 2 is 1.96 bits per heavy atom. The van der Waals surface area contributed by atoms with Crippen LogP contribution in [-0.2, 0) is 0 Å². The van der Waals surface area contributed by atoms with Crippen molar-refractivity contribution in [1.29, 1.82) is 0 Å². The van der Waals surface area contributed by atoms with Crippen LogP contribution in [-0.4, -0.2) is 23.0 Å². The number of nitrogens with one attached hydrogen (secondary N) is 2. The summed E-state index contributed by atoms with van der Waals surface area (Å²) in [5.41, 5.74) is 1.18. The molecule has 0 atom stereocenters. The van der Waals surface area contributed by atoms with Crippen molar-refractivity contribution < 1.29 is 14.5 Å². The van der Waals surface area contributed by atoms with Crippen molar-refractivity contribution in [3.05, 3.63) is 52.6 Å². The third-order valence-electron chi connectivity index (χ3n) is 3.15. The summed E-state index contributed by atoms with van der Waals surface area (Å²) in [5.74, 6) is 0.689. The van der Waals surface area contributed by atoms with Crippen LogP contribution >= 0.6 is 11.3 Å². The highest BCUT2D eigenvalue weighted by Crippen LogP contribution is 2.29. The first-order chi connectivity index (χ1) is 11.5. The second-order valence-corrected chi connectivity index (χ2v) is 5.77. The van der Waals surface area contributed by atoms with E-state index in [4.69, 9.17) is 4.74 Å². The van der Waals surface area contributed by atoms with E-state index in [0.717, 1.165) is 0 Å². The lowest BCUT2D eigenvalue weighted by Crippen LogP contribution is -2.19. The van der Waals surface area contributed by atoms with Crippen molar-refractivity contribution in [3.63, 3.8) is 0 Å². The molecule has 1 aromatic heterocycles. The summed E-state index contributed by atoms with van der Waals surface area (Å²) in [7, 11) is 1.56. The molecular weight excluding hydrogens is 332 g/mol. The van der Waals surface area contributed by atoms with E-state index in [9.17, 15) is 14.9 Å².